The van der Waals surface area contributed by atoms with Crippen molar-refractivity contribution in [3.05, 3.63) is 65.7 Å². The van der Waals surface area contributed by atoms with E-state index in [2.05, 4.69) is 0 Å². The van der Waals surface area contributed by atoms with Crippen LogP contribution in [0.4, 0.5) is 13.2 Å². The Morgan fingerprint density at radius 1 is 1.00 bits per heavy atom. The van der Waals surface area contributed by atoms with Gasteiger partial charge in [0.1, 0.15) is 30.2 Å². The summed E-state index contributed by atoms with van der Waals surface area (Å²) < 4.78 is 49.3. The molecule has 1 fully saturated rings. The minimum atomic E-state index is -4.49. The molecule has 8 nitrogen and oxygen atoms in total. The zero-order valence-electron chi connectivity index (χ0n) is 17.5. The standard InChI is InChI=1S/C22H24F3NO7/c1-26(20(30)19-17(28)16(27)18(29)21(31)33-19)11-15(12-5-3-2-4-6-12)32-14-9-7-13(8-10-14)22(23,24)25/h2-10,15-19,21,27-29,31H,11H2,1H3. The molecule has 0 saturated carbocycles. The number of aliphatic hydroxyl groups excluding tert-OH is 4. The highest BCUT2D eigenvalue weighted by atomic mass is 19.4. The van der Waals surface area contributed by atoms with Crippen LogP contribution in [0.3, 0.4) is 0 Å². The monoisotopic (exact) mass is 471 g/mol. The number of carbonyl (C=O) groups is 1. The summed E-state index contributed by atoms with van der Waals surface area (Å²) in [6, 6.07) is 12.7. The first kappa shape index (κ1) is 24.9. The normalized spacial score (nSPS) is 26.5. The molecule has 2 aromatic carbocycles. The number of nitrogens with zero attached hydrogens (tertiary/aromatic N) is 1. The first-order chi connectivity index (χ1) is 15.5. The van der Waals surface area contributed by atoms with Gasteiger partial charge < -0.3 is 34.8 Å². The third kappa shape index (κ3) is 5.81. The van der Waals surface area contributed by atoms with E-state index in [1.54, 1.807) is 30.3 Å². The Morgan fingerprint density at radius 3 is 2.18 bits per heavy atom. The highest BCUT2D eigenvalue weighted by Crippen LogP contribution is 2.31. The fraction of sp³-hybridized carbons (Fsp3) is 0.409. The lowest BCUT2D eigenvalue weighted by Gasteiger charge is -2.39. The number of carbonyl (C=O) groups excluding carboxylic acids is 1. The van der Waals surface area contributed by atoms with Gasteiger partial charge in [0, 0.05) is 7.05 Å². The topological polar surface area (TPSA) is 120 Å². The number of benzene rings is 2. The van der Waals surface area contributed by atoms with Gasteiger partial charge in [0.2, 0.25) is 0 Å². The van der Waals surface area contributed by atoms with E-state index < -0.39 is 54.5 Å². The molecule has 3 rings (SSSR count). The average Bonchev–Trinajstić information content (AvgIpc) is 2.79. The summed E-state index contributed by atoms with van der Waals surface area (Å²) in [5.74, 6) is -0.662. The third-order valence-corrected chi connectivity index (χ3v) is 5.28. The molecule has 6 atom stereocenters. The summed E-state index contributed by atoms with van der Waals surface area (Å²) >= 11 is 0. The SMILES string of the molecule is CN(CC(Oc1ccc(C(F)(F)F)cc1)c1ccccc1)C(=O)C1OC(O)C(O)C(O)C1O. The Balaban J connectivity index is 1.77. The van der Waals surface area contributed by atoms with E-state index in [-0.39, 0.29) is 12.3 Å². The van der Waals surface area contributed by atoms with E-state index in [0.717, 1.165) is 17.0 Å². The van der Waals surface area contributed by atoms with Crippen molar-refractivity contribution in [1.82, 2.24) is 4.90 Å². The lowest BCUT2D eigenvalue weighted by Crippen LogP contribution is -2.61. The molecule has 1 saturated heterocycles. The minimum absolute atomic E-state index is 0.106. The van der Waals surface area contributed by atoms with Crippen LogP contribution in [0.2, 0.25) is 0 Å². The molecule has 0 aliphatic carbocycles. The summed E-state index contributed by atoms with van der Waals surface area (Å²) in [5, 5.41) is 39.2. The van der Waals surface area contributed by atoms with Crippen LogP contribution in [0.15, 0.2) is 54.6 Å². The fourth-order valence-electron chi connectivity index (χ4n) is 3.39. The molecule has 4 N–H and O–H groups in total. The molecule has 1 amide bonds. The van der Waals surface area contributed by atoms with E-state index in [1.807, 2.05) is 0 Å². The van der Waals surface area contributed by atoms with Crippen molar-refractivity contribution in [2.75, 3.05) is 13.6 Å². The van der Waals surface area contributed by atoms with Crippen molar-refractivity contribution in [2.24, 2.45) is 0 Å². The summed E-state index contributed by atoms with van der Waals surface area (Å²) in [7, 11) is 1.37. The molecular weight excluding hydrogens is 447 g/mol. The summed E-state index contributed by atoms with van der Waals surface area (Å²) in [6.07, 6.45) is -14.2. The Kier molecular flexibility index (Phi) is 7.60. The van der Waals surface area contributed by atoms with Gasteiger partial charge in [-0.2, -0.15) is 13.2 Å². The number of ether oxygens (including phenoxy) is 2. The number of rotatable bonds is 6. The number of alkyl halides is 3. The van der Waals surface area contributed by atoms with E-state index in [9.17, 15) is 38.4 Å². The van der Waals surface area contributed by atoms with Gasteiger partial charge in [0.05, 0.1) is 12.1 Å². The summed E-state index contributed by atoms with van der Waals surface area (Å²) in [4.78, 5) is 14.0. The number of amides is 1. The lowest BCUT2D eigenvalue weighted by atomic mass is 9.98. The maximum absolute atomic E-state index is 12.8. The molecule has 6 unspecified atom stereocenters. The molecule has 1 aliphatic heterocycles. The molecule has 0 spiro atoms. The number of hydrogen-bond acceptors (Lipinski definition) is 7. The van der Waals surface area contributed by atoms with Gasteiger partial charge in [0.15, 0.2) is 12.4 Å². The summed E-state index contributed by atoms with van der Waals surface area (Å²) in [5.41, 5.74) is -0.209. The molecule has 11 heteroatoms. The maximum Gasteiger partial charge on any atom is 0.416 e. The van der Waals surface area contributed by atoms with Crippen LogP contribution in [0.25, 0.3) is 0 Å². The van der Waals surface area contributed by atoms with E-state index in [4.69, 9.17) is 9.47 Å². The van der Waals surface area contributed by atoms with Crippen LogP contribution in [0, 0.1) is 0 Å². The highest BCUT2D eigenvalue weighted by Gasteiger charge is 2.47. The van der Waals surface area contributed by atoms with Gasteiger partial charge in [0.25, 0.3) is 5.91 Å². The van der Waals surface area contributed by atoms with E-state index in [0.29, 0.717) is 5.56 Å². The van der Waals surface area contributed by atoms with Crippen molar-refractivity contribution < 1.29 is 47.9 Å². The number of hydrogen-bond donors (Lipinski definition) is 4. The van der Waals surface area contributed by atoms with Gasteiger partial charge in [-0.05, 0) is 29.8 Å². The molecule has 0 bridgehead atoms. The first-order valence-electron chi connectivity index (χ1n) is 10.0. The van der Waals surface area contributed by atoms with Crippen LogP contribution in [-0.4, -0.2) is 75.5 Å². The second kappa shape index (κ2) is 10.1. The van der Waals surface area contributed by atoms with E-state index >= 15 is 0 Å². The minimum Gasteiger partial charge on any atom is -0.484 e. The average molecular weight is 471 g/mol. The molecule has 1 heterocycles. The van der Waals surface area contributed by atoms with Crippen LogP contribution >= 0.6 is 0 Å². The van der Waals surface area contributed by atoms with Crippen LogP contribution in [-0.2, 0) is 15.7 Å². The number of likely N-dealkylation sites (N-methyl/N-ethyl adjacent to an activating group) is 1. The van der Waals surface area contributed by atoms with Crippen molar-refractivity contribution >= 4 is 5.91 Å². The molecule has 0 aromatic heterocycles. The van der Waals surface area contributed by atoms with Gasteiger partial charge >= 0.3 is 6.18 Å². The Bertz CT molecular complexity index is 926. The van der Waals surface area contributed by atoms with Gasteiger partial charge in [-0.3, -0.25) is 4.79 Å². The number of aliphatic hydroxyl groups is 4. The molecule has 1 aliphatic rings. The summed E-state index contributed by atoms with van der Waals surface area (Å²) in [6.45, 7) is -0.106. The Hall–Kier alpha value is -2.70. The van der Waals surface area contributed by atoms with Crippen LogP contribution < -0.4 is 4.74 Å². The van der Waals surface area contributed by atoms with Crippen LogP contribution in [0.1, 0.15) is 17.2 Å². The second-order valence-corrected chi connectivity index (χ2v) is 7.68. The first-order valence-corrected chi connectivity index (χ1v) is 10.0. The maximum atomic E-state index is 12.8. The zero-order chi connectivity index (χ0) is 24.3. The smallest absolute Gasteiger partial charge is 0.416 e. The zero-order valence-corrected chi connectivity index (χ0v) is 17.5. The predicted molar refractivity (Wildman–Crippen MR) is 108 cm³/mol. The molecule has 2 aromatic rings. The number of halogens is 3. The molecular formula is C22H24F3NO7. The highest BCUT2D eigenvalue weighted by molar-refractivity contribution is 5.81. The van der Waals surface area contributed by atoms with Gasteiger partial charge in [-0.25, -0.2) is 0 Å². The van der Waals surface area contributed by atoms with Crippen LogP contribution in [0.5, 0.6) is 5.75 Å². The van der Waals surface area contributed by atoms with Crippen molar-refractivity contribution in [2.45, 2.75) is 43.0 Å². The van der Waals surface area contributed by atoms with Crippen molar-refractivity contribution in [1.29, 1.82) is 0 Å². The van der Waals surface area contributed by atoms with Gasteiger partial charge in [-0.1, -0.05) is 30.3 Å². The molecule has 0 radical (unpaired) electrons. The predicted octanol–water partition coefficient (Wildman–Crippen LogP) is 1.08. The van der Waals surface area contributed by atoms with Crippen molar-refractivity contribution in [3.63, 3.8) is 0 Å². The quantitative estimate of drug-likeness (QED) is 0.498. The Morgan fingerprint density at radius 2 is 1.61 bits per heavy atom. The van der Waals surface area contributed by atoms with Crippen molar-refractivity contribution in [3.8, 4) is 5.75 Å². The van der Waals surface area contributed by atoms with E-state index in [1.165, 1.54) is 19.2 Å². The Labute approximate surface area is 187 Å². The lowest BCUT2D eigenvalue weighted by molar-refractivity contribution is -0.277. The second-order valence-electron chi connectivity index (χ2n) is 7.68. The largest absolute Gasteiger partial charge is 0.484 e. The van der Waals surface area contributed by atoms with Gasteiger partial charge in [-0.15, -0.1) is 0 Å². The third-order valence-electron chi connectivity index (χ3n) is 5.28. The molecule has 180 valence electrons. The molecule has 33 heavy (non-hydrogen) atoms. The fourth-order valence-corrected chi connectivity index (χ4v) is 3.39.